The van der Waals surface area contributed by atoms with E-state index >= 15 is 0 Å². The highest BCUT2D eigenvalue weighted by Gasteiger charge is 2.33. The smallest absolute Gasteiger partial charge is 0.180 e. The van der Waals surface area contributed by atoms with E-state index in [4.69, 9.17) is 0 Å². The molecule has 2 rings (SSSR count). The third kappa shape index (κ3) is 2.82. The number of hydrogen-bond donors (Lipinski definition) is 0. The van der Waals surface area contributed by atoms with Gasteiger partial charge in [0.2, 0.25) is 0 Å². The predicted molar refractivity (Wildman–Crippen MR) is 82.9 cm³/mol. The lowest BCUT2D eigenvalue weighted by Crippen LogP contribution is -2.34. The van der Waals surface area contributed by atoms with Crippen LogP contribution in [0.25, 0.3) is 0 Å². The summed E-state index contributed by atoms with van der Waals surface area (Å²) in [6.07, 6.45) is 1.11. The van der Waals surface area contributed by atoms with Gasteiger partial charge in [0.15, 0.2) is 9.84 Å². The Balaban J connectivity index is 2.46. The van der Waals surface area contributed by atoms with Crippen LogP contribution in [0.4, 0.5) is 5.69 Å². The van der Waals surface area contributed by atoms with Gasteiger partial charge in [-0.2, -0.15) is 0 Å². The Morgan fingerprint density at radius 3 is 2.68 bits per heavy atom. The van der Waals surface area contributed by atoms with Gasteiger partial charge in [0, 0.05) is 17.9 Å². The maximum Gasteiger partial charge on any atom is 0.180 e. The standard InChI is InChI=1S/C14H20BrNO2S/c1-3-19(17,18)14-7-5-4-6-12(14)16-9-8-11(2)13(16)10-15/h4-7,11,13H,3,8-10H2,1-2H3. The molecule has 1 aliphatic rings. The van der Waals surface area contributed by atoms with E-state index < -0.39 is 9.84 Å². The van der Waals surface area contributed by atoms with Crippen molar-refractivity contribution in [2.45, 2.75) is 31.2 Å². The molecule has 1 saturated heterocycles. The number of nitrogens with zero attached hydrogens (tertiary/aromatic N) is 1. The van der Waals surface area contributed by atoms with Crippen LogP contribution in [0.3, 0.4) is 0 Å². The summed E-state index contributed by atoms with van der Waals surface area (Å²) in [7, 11) is -3.17. The quantitative estimate of drug-likeness (QED) is 0.787. The fourth-order valence-corrected chi connectivity index (χ4v) is 4.74. The molecule has 5 heteroatoms. The Morgan fingerprint density at radius 1 is 1.37 bits per heavy atom. The molecule has 0 amide bonds. The lowest BCUT2D eigenvalue weighted by molar-refractivity contribution is 0.552. The van der Waals surface area contributed by atoms with Crippen LogP contribution in [0, 0.1) is 5.92 Å². The van der Waals surface area contributed by atoms with E-state index in [1.54, 1.807) is 19.1 Å². The van der Waals surface area contributed by atoms with Crippen LogP contribution in [0.2, 0.25) is 0 Å². The molecule has 0 saturated carbocycles. The third-order valence-corrected chi connectivity index (χ3v) is 6.37. The second-order valence-corrected chi connectivity index (χ2v) is 7.95. The molecule has 19 heavy (non-hydrogen) atoms. The van der Waals surface area contributed by atoms with Crippen LogP contribution < -0.4 is 4.90 Å². The molecule has 2 atom stereocenters. The molecule has 1 aliphatic heterocycles. The molecule has 0 radical (unpaired) electrons. The van der Waals surface area contributed by atoms with E-state index in [2.05, 4.69) is 27.8 Å². The SMILES string of the molecule is CCS(=O)(=O)c1ccccc1N1CCC(C)C1CBr. The number of benzene rings is 1. The topological polar surface area (TPSA) is 37.4 Å². The molecular formula is C14H20BrNO2S. The number of rotatable bonds is 4. The summed E-state index contributed by atoms with van der Waals surface area (Å²) in [5.74, 6) is 0.726. The van der Waals surface area contributed by atoms with E-state index in [0.29, 0.717) is 16.9 Å². The van der Waals surface area contributed by atoms with Crippen molar-refractivity contribution < 1.29 is 8.42 Å². The van der Waals surface area contributed by atoms with Crippen LogP contribution >= 0.6 is 15.9 Å². The number of sulfone groups is 1. The summed E-state index contributed by atoms with van der Waals surface area (Å²) in [5.41, 5.74) is 0.859. The maximum atomic E-state index is 12.2. The normalized spacial score (nSPS) is 23.8. The lowest BCUT2D eigenvalue weighted by atomic mass is 10.1. The molecular weight excluding hydrogens is 326 g/mol. The summed E-state index contributed by atoms with van der Waals surface area (Å²) >= 11 is 3.56. The van der Waals surface area contributed by atoms with Crippen LogP contribution in [0.1, 0.15) is 20.3 Å². The first kappa shape index (κ1) is 14.9. The molecule has 0 aliphatic carbocycles. The fraction of sp³-hybridized carbons (Fsp3) is 0.571. The van der Waals surface area contributed by atoms with Crippen LogP contribution in [0.5, 0.6) is 0 Å². The molecule has 0 aromatic heterocycles. The van der Waals surface area contributed by atoms with Gasteiger partial charge in [0.25, 0.3) is 0 Å². The van der Waals surface area contributed by atoms with Gasteiger partial charge in [0.1, 0.15) is 0 Å². The van der Waals surface area contributed by atoms with E-state index in [9.17, 15) is 8.42 Å². The van der Waals surface area contributed by atoms with Gasteiger partial charge in [0.05, 0.1) is 16.3 Å². The molecule has 1 heterocycles. The number of alkyl halides is 1. The van der Waals surface area contributed by atoms with E-state index in [-0.39, 0.29) is 5.75 Å². The first-order valence-corrected chi connectivity index (χ1v) is 9.43. The molecule has 3 nitrogen and oxygen atoms in total. The van der Waals surface area contributed by atoms with Crippen molar-refractivity contribution in [3.05, 3.63) is 24.3 Å². The Kier molecular flexibility index (Phi) is 4.56. The van der Waals surface area contributed by atoms with Crippen molar-refractivity contribution >= 4 is 31.5 Å². The van der Waals surface area contributed by atoms with E-state index in [1.807, 2.05) is 12.1 Å². The van der Waals surface area contributed by atoms with Crippen molar-refractivity contribution in [2.24, 2.45) is 5.92 Å². The van der Waals surface area contributed by atoms with Crippen LogP contribution in [0.15, 0.2) is 29.2 Å². The number of para-hydroxylation sites is 1. The van der Waals surface area contributed by atoms with Crippen molar-refractivity contribution in [3.8, 4) is 0 Å². The van der Waals surface area contributed by atoms with Gasteiger partial charge in [-0.15, -0.1) is 0 Å². The first-order chi connectivity index (χ1) is 9.01. The third-order valence-electron chi connectivity index (χ3n) is 3.93. The van der Waals surface area contributed by atoms with Crippen molar-refractivity contribution in [1.29, 1.82) is 0 Å². The molecule has 0 N–H and O–H groups in total. The Labute approximate surface area is 124 Å². The van der Waals surface area contributed by atoms with Gasteiger partial charge in [-0.1, -0.05) is 41.9 Å². The minimum absolute atomic E-state index is 0.145. The Morgan fingerprint density at radius 2 is 2.05 bits per heavy atom. The summed E-state index contributed by atoms with van der Waals surface area (Å²) in [6, 6.07) is 7.74. The Hall–Kier alpha value is -0.550. The van der Waals surface area contributed by atoms with E-state index in [1.165, 1.54) is 0 Å². The Bertz CT molecular complexity index is 544. The molecule has 106 valence electrons. The average molecular weight is 346 g/mol. The molecule has 0 spiro atoms. The summed E-state index contributed by atoms with van der Waals surface area (Å²) in [4.78, 5) is 2.71. The zero-order chi connectivity index (χ0) is 14.0. The summed E-state index contributed by atoms with van der Waals surface area (Å²) in [5, 5.41) is 0.870. The van der Waals surface area contributed by atoms with Gasteiger partial charge < -0.3 is 4.90 Å². The van der Waals surface area contributed by atoms with Crippen molar-refractivity contribution in [1.82, 2.24) is 0 Å². The highest BCUT2D eigenvalue weighted by molar-refractivity contribution is 9.09. The highest BCUT2D eigenvalue weighted by atomic mass is 79.9. The average Bonchev–Trinajstić information content (AvgIpc) is 2.79. The largest absolute Gasteiger partial charge is 0.366 e. The minimum Gasteiger partial charge on any atom is -0.366 e. The molecule has 1 aromatic carbocycles. The minimum atomic E-state index is -3.17. The molecule has 0 bridgehead atoms. The number of halogens is 1. The second-order valence-electron chi connectivity index (χ2n) is 5.05. The first-order valence-electron chi connectivity index (χ1n) is 6.65. The van der Waals surface area contributed by atoms with Gasteiger partial charge >= 0.3 is 0 Å². The zero-order valence-corrected chi connectivity index (χ0v) is 13.7. The summed E-state index contributed by atoms with van der Waals surface area (Å²) < 4.78 is 24.4. The van der Waals surface area contributed by atoms with Gasteiger partial charge in [-0.05, 0) is 24.5 Å². The zero-order valence-electron chi connectivity index (χ0n) is 11.3. The lowest BCUT2D eigenvalue weighted by Gasteiger charge is -2.29. The molecule has 2 unspecified atom stereocenters. The van der Waals surface area contributed by atoms with Gasteiger partial charge in [-0.3, -0.25) is 0 Å². The molecule has 1 fully saturated rings. The van der Waals surface area contributed by atoms with Crippen molar-refractivity contribution in [3.63, 3.8) is 0 Å². The predicted octanol–water partition coefficient (Wildman–Crippen LogP) is 3.09. The highest BCUT2D eigenvalue weighted by Crippen LogP contribution is 2.34. The monoisotopic (exact) mass is 345 g/mol. The van der Waals surface area contributed by atoms with Crippen molar-refractivity contribution in [2.75, 3.05) is 22.5 Å². The second kappa shape index (κ2) is 5.83. The molecule has 1 aromatic rings. The van der Waals surface area contributed by atoms with Crippen LogP contribution in [-0.4, -0.2) is 32.1 Å². The number of hydrogen-bond acceptors (Lipinski definition) is 3. The van der Waals surface area contributed by atoms with Gasteiger partial charge in [-0.25, -0.2) is 8.42 Å². The van der Waals surface area contributed by atoms with E-state index in [0.717, 1.165) is 24.0 Å². The maximum absolute atomic E-state index is 12.2. The van der Waals surface area contributed by atoms with Crippen LogP contribution in [-0.2, 0) is 9.84 Å². The fourth-order valence-electron chi connectivity index (χ4n) is 2.66. The number of anilines is 1. The summed E-state index contributed by atoms with van der Waals surface area (Å²) in [6.45, 7) is 4.84.